The average Bonchev–Trinajstić information content (AvgIpc) is 2.98. The summed E-state index contributed by atoms with van der Waals surface area (Å²) in [4.78, 5) is 54.9. The third-order valence-corrected chi connectivity index (χ3v) is 9.81. The Kier molecular flexibility index (Phi) is 9.89. The van der Waals surface area contributed by atoms with Gasteiger partial charge in [0.05, 0.1) is 28.4 Å². The lowest BCUT2D eigenvalue weighted by Crippen LogP contribution is -2.60. The first-order valence-electron chi connectivity index (χ1n) is 14.0. The molecule has 0 radical (unpaired) electrons. The number of carboxylic acids is 1. The molecule has 2 bridgehead atoms. The van der Waals surface area contributed by atoms with Gasteiger partial charge in [0.2, 0.25) is 15.9 Å². The van der Waals surface area contributed by atoms with E-state index in [1.165, 1.54) is 16.4 Å². The first-order valence-corrected chi connectivity index (χ1v) is 15.5. The summed E-state index contributed by atoms with van der Waals surface area (Å²) >= 11 is 0. The van der Waals surface area contributed by atoms with E-state index in [4.69, 9.17) is 5.73 Å². The van der Waals surface area contributed by atoms with E-state index in [0.29, 0.717) is 42.8 Å². The number of Topliss-reactive ketones (excluding diaryl/α,β-unsaturated/α-hetero) is 2. The number of carbonyl (C=O) groups is 4. The summed E-state index contributed by atoms with van der Waals surface area (Å²) in [6, 6.07) is 13.2. The Balaban J connectivity index is 1.37. The minimum absolute atomic E-state index is 0.0980. The molecule has 2 aliphatic heterocycles. The fraction of sp³-hybridized carbons (Fsp3) is 0.433. The molecule has 3 fully saturated rings. The second-order valence-electron chi connectivity index (χ2n) is 10.9. The van der Waals surface area contributed by atoms with Crippen LogP contribution in [0.1, 0.15) is 62.2 Å². The summed E-state index contributed by atoms with van der Waals surface area (Å²) in [5.41, 5.74) is 6.47. The molecule has 2 aromatic rings. The van der Waals surface area contributed by atoms with E-state index < -0.39 is 46.1 Å². The number of ketones is 2. The van der Waals surface area contributed by atoms with Crippen molar-refractivity contribution in [2.45, 2.75) is 68.8 Å². The number of carboxylic acid groups (broad SMARTS) is 1. The van der Waals surface area contributed by atoms with E-state index in [1.54, 1.807) is 49.4 Å². The smallest absolute Gasteiger partial charge is 0.308 e. The molecular formula is C30H36N4O7S. The SMILES string of the molecule is CC(N)=Nc1cccc(C(=O)CCC(=O)NC[C@H](CC(=O)C2C3CCC(CC3)N2S(=O)(=O)c2ccccc2)C(=O)O)c1. The number of amidine groups is 1. The number of carbonyl (C=O) groups excluding carboxylic acids is 3. The highest BCUT2D eigenvalue weighted by Crippen LogP contribution is 2.43. The molecule has 1 unspecified atom stereocenters. The van der Waals surface area contributed by atoms with Gasteiger partial charge in [0.15, 0.2) is 11.6 Å². The van der Waals surface area contributed by atoms with E-state index in [2.05, 4.69) is 10.3 Å². The van der Waals surface area contributed by atoms with Gasteiger partial charge in [0.25, 0.3) is 0 Å². The normalized spacial score (nSPS) is 21.5. The van der Waals surface area contributed by atoms with Gasteiger partial charge in [-0.25, -0.2) is 13.4 Å². The summed E-state index contributed by atoms with van der Waals surface area (Å²) in [6.07, 6.45) is 2.02. The van der Waals surface area contributed by atoms with Crippen molar-refractivity contribution in [3.05, 3.63) is 60.2 Å². The number of sulfonamides is 1. The van der Waals surface area contributed by atoms with Crippen LogP contribution in [-0.4, -0.2) is 65.7 Å². The van der Waals surface area contributed by atoms with Crippen molar-refractivity contribution in [3.63, 3.8) is 0 Å². The summed E-state index contributed by atoms with van der Waals surface area (Å²) in [6.45, 7) is 1.30. The minimum Gasteiger partial charge on any atom is -0.481 e. The Morgan fingerprint density at radius 1 is 1.02 bits per heavy atom. The van der Waals surface area contributed by atoms with Crippen LogP contribution in [0.15, 0.2) is 64.5 Å². The number of aliphatic imine (C=N–C) groups is 1. The van der Waals surface area contributed by atoms with E-state index in [1.807, 2.05) is 0 Å². The quantitative estimate of drug-likeness (QED) is 0.179. The zero-order chi connectivity index (χ0) is 30.4. The van der Waals surface area contributed by atoms with Crippen molar-refractivity contribution < 1.29 is 32.7 Å². The van der Waals surface area contributed by atoms with E-state index in [-0.39, 0.29) is 42.0 Å². The van der Waals surface area contributed by atoms with Gasteiger partial charge in [0.1, 0.15) is 0 Å². The number of nitrogens with one attached hydrogen (secondary N) is 1. The van der Waals surface area contributed by atoms with E-state index in [9.17, 15) is 32.7 Å². The molecule has 2 aromatic carbocycles. The number of nitrogens with two attached hydrogens (primary N) is 1. The highest BCUT2D eigenvalue weighted by Gasteiger charge is 2.51. The van der Waals surface area contributed by atoms with Crippen LogP contribution in [0.25, 0.3) is 0 Å². The topological polar surface area (TPSA) is 176 Å². The summed E-state index contributed by atoms with van der Waals surface area (Å²) in [5.74, 6) is -3.64. The van der Waals surface area contributed by atoms with Gasteiger partial charge in [0, 0.05) is 37.4 Å². The lowest BCUT2D eigenvalue weighted by atomic mass is 9.74. The molecule has 1 amide bonds. The zero-order valence-corrected chi connectivity index (χ0v) is 24.3. The molecule has 4 N–H and O–H groups in total. The second kappa shape index (κ2) is 13.4. The van der Waals surface area contributed by atoms with Gasteiger partial charge in [-0.05, 0) is 62.8 Å². The Hall–Kier alpha value is -3.90. The Labute approximate surface area is 245 Å². The Morgan fingerprint density at radius 2 is 1.71 bits per heavy atom. The van der Waals surface area contributed by atoms with Crippen LogP contribution in [0.3, 0.4) is 0 Å². The largest absolute Gasteiger partial charge is 0.481 e. The van der Waals surface area contributed by atoms with Crippen LogP contribution in [0.2, 0.25) is 0 Å². The molecule has 5 rings (SSSR count). The number of amides is 1. The molecule has 2 heterocycles. The van der Waals surface area contributed by atoms with Crippen LogP contribution < -0.4 is 11.1 Å². The minimum atomic E-state index is -3.97. The lowest BCUT2D eigenvalue weighted by Gasteiger charge is -2.49. The maximum absolute atomic E-state index is 13.6. The van der Waals surface area contributed by atoms with Crippen LogP contribution in [0.5, 0.6) is 0 Å². The molecule has 1 saturated carbocycles. The van der Waals surface area contributed by atoms with Gasteiger partial charge < -0.3 is 16.2 Å². The van der Waals surface area contributed by atoms with Crippen LogP contribution >= 0.6 is 0 Å². The monoisotopic (exact) mass is 596 g/mol. The molecule has 42 heavy (non-hydrogen) atoms. The molecule has 0 aromatic heterocycles. The molecule has 11 nitrogen and oxygen atoms in total. The van der Waals surface area contributed by atoms with Crippen molar-refractivity contribution in [3.8, 4) is 0 Å². The predicted octanol–water partition coefficient (Wildman–Crippen LogP) is 3.07. The number of nitrogens with zero attached hydrogens (tertiary/aromatic N) is 2. The number of aliphatic carboxylic acids is 1. The molecule has 3 aliphatic rings. The van der Waals surface area contributed by atoms with E-state index >= 15 is 0 Å². The number of hydrogen-bond donors (Lipinski definition) is 3. The van der Waals surface area contributed by atoms with Crippen molar-refractivity contribution >= 4 is 45.0 Å². The number of hydrogen-bond acceptors (Lipinski definition) is 7. The predicted molar refractivity (Wildman–Crippen MR) is 156 cm³/mol. The summed E-state index contributed by atoms with van der Waals surface area (Å²) in [7, 11) is -3.97. The fourth-order valence-corrected chi connectivity index (χ4v) is 7.77. The van der Waals surface area contributed by atoms with Crippen LogP contribution in [0.4, 0.5) is 5.69 Å². The fourth-order valence-electron chi connectivity index (χ4n) is 5.83. The number of rotatable bonds is 13. The summed E-state index contributed by atoms with van der Waals surface area (Å²) in [5, 5.41) is 12.3. The first-order chi connectivity index (χ1) is 20.0. The van der Waals surface area contributed by atoms with Crippen molar-refractivity contribution in [1.82, 2.24) is 9.62 Å². The van der Waals surface area contributed by atoms with Gasteiger partial charge in [-0.15, -0.1) is 0 Å². The second-order valence-corrected chi connectivity index (χ2v) is 12.7. The molecule has 2 atom stereocenters. The van der Waals surface area contributed by atoms with Crippen LogP contribution in [-0.2, 0) is 24.4 Å². The molecular weight excluding hydrogens is 560 g/mol. The van der Waals surface area contributed by atoms with Gasteiger partial charge >= 0.3 is 5.97 Å². The zero-order valence-electron chi connectivity index (χ0n) is 23.4. The Bertz CT molecular complexity index is 1460. The number of piperidine rings is 2. The Morgan fingerprint density at radius 3 is 2.36 bits per heavy atom. The van der Waals surface area contributed by atoms with E-state index in [0.717, 1.165) is 0 Å². The number of benzene rings is 2. The lowest BCUT2D eigenvalue weighted by molar-refractivity contribution is -0.145. The van der Waals surface area contributed by atoms with Crippen molar-refractivity contribution in [2.24, 2.45) is 22.6 Å². The standard InChI is InChI=1S/C30H36N4O7S/c1-19(31)33-23-7-5-6-21(16-23)26(35)14-15-28(37)32-18-22(30(38)39)17-27(36)29-20-10-12-24(13-11-20)34(29)42(40,41)25-8-3-2-4-9-25/h2-9,16,20,22,24,29H,10-15,17-18H2,1H3,(H2,31,33)(H,32,37)(H,38,39)/t20?,22-,24?,29?/m0/s1. The molecule has 1 aliphatic carbocycles. The third-order valence-electron chi connectivity index (χ3n) is 7.87. The molecule has 0 spiro atoms. The summed E-state index contributed by atoms with van der Waals surface area (Å²) < 4.78 is 28.5. The maximum atomic E-state index is 13.6. The number of fused-ring (bicyclic) bond motifs is 3. The average molecular weight is 597 g/mol. The van der Waals surface area contributed by atoms with Gasteiger partial charge in [-0.3, -0.25) is 19.2 Å². The molecule has 224 valence electrons. The van der Waals surface area contributed by atoms with Gasteiger partial charge in [-0.2, -0.15) is 4.31 Å². The van der Waals surface area contributed by atoms with Crippen molar-refractivity contribution in [1.29, 1.82) is 0 Å². The van der Waals surface area contributed by atoms with Gasteiger partial charge in [-0.1, -0.05) is 30.3 Å². The molecule has 12 heteroatoms. The maximum Gasteiger partial charge on any atom is 0.308 e. The van der Waals surface area contributed by atoms with Crippen molar-refractivity contribution in [2.75, 3.05) is 6.54 Å². The van der Waals surface area contributed by atoms with Crippen LogP contribution in [0, 0.1) is 11.8 Å². The highest BCUT2D eigenvalue weighted by atomic mass is 32.2. The highest BCUT2D eigenvalue weighted by molar-refractivity contribution is 7.89. The molecule has 2 saturated heterocycles. The first kappa shape index (κ1) is 31.0. The third kappa shape index (κ3) is 7.29.